The zero-order chi connectivity index (χ0) is 13.2. The van der Waals surface area contributed by atoms with Crippen LogP contribution in [-0.2, 0) is 12.4 Å². The van der Waals surface area contributed by atoms with Crippen molar-refractivity contribution in [2.24, 2.45) is 0 Å². The lowest BCUT2D eigenvalue weighted by Crippen LogP contribution is -2.25. The Hall–Kier alpha value is -1.06. The molecule has 4 heteroatoms. The molecular formula is C15H15ClFNS. The van der Waals surface area contributed by atoms with E-state index in [9.17, 15) is 4.39 Å². The molecule has 0 aliphatic heterocycles. The number of hydrogen-bond acceptors (Lipinski definition) is 2. The molecule has 0 spiro atoms. The molecule has 1 nitrogen and oxygen atoms in total. The molecule has 1 heterocycles. The van der Waals surface area contributed by atoms with E-state index in [0.29, 0.717) is 11.9 Å². The van der Waals surface area contributed by atoms with Gasteiger partial charge in [0.05, 0.1) is 0 Å². The van der Waals surface area contributed by atoms with Crippen LogP contribution in [0.1, 0.15) is 24.0 Å². The first-order valence-electron chi connectivity index (χ1n) is 6.39. The maximum absolute atomic E-state index is 13.7. The van der Waals surface area contributed by atoms with E-state index in [0.717, 1.165) is 17.8 Å². The predicted molar refractivity (Wildman–Crippen MR) is 79.5 cm³/mol. The van der Waals surface area contributed by atoms with Crippen molar-refractivity contribution in [3.8, 4) is 0 Å². The van der Waals surface area contributed by atoms with Crippen molar-refractivity contribution in [2.45, 2.75) is 31.3 Å². The fraction of sp³-hybridized carbons (Fsp3) is 0.333. The molecule has 1 aliphatic carbocycles. The van der Waals surface area contributed by atoms with Crippen molar-refractivity contribution in [1.29, 1.82) is 0 Å². The molecule has 0 bridgehead atoms. The largest absolute Gasteiger partial charge is 0.364 e. The minimum atomic E-state index is -0.205. The van der Waals surface area contributed by atoms with Crippen molar-refractivity contribution >= 4 is 28.6 Å². The number of benzene rings is 1. The molecule has 1 saturated carbocycles. The van der Waals surface area contributed by atoms with Crippen LogP contribution in [0.5, 0.6) is 0 Å². The first kappa shape index (κ1) is 12.9. The van der Waals surface area contributed by atoms with Crippen molar-refractivity contribution in [3.63, 3.8) is 0 Å². The number of alkyl halides is 1. The van der Waals surface area contributed by atoms with Gasteiger partial charge in [0, 0.05) is 24.2 Å². The fourth-order valence-corrected chi connectivity index (χ4v) is 3.09. The maximum atomic E-state index is 13.7. The predicted octanol–water partition coefficient (Wildman–Crippen LogP) is 4.80. The maximum Gasteiger partial charge on any atom is 0.125 e. The monoisotopic (exact) mass is 295 g/mol. The molecule has 0 saturated heterocycles. The summed E-state index contributed by atoms with van der Waals surface area (Å²) in [6.45, 7) is 0.847. The molecule has 0 N–H and O–H groups in total. The van der Waals surface area contributed by atoms with Crippen molar-refractivity contribution in [3.05, 3.63) is 52.0 Å². The van der Waals surface area contributed by atoms with Crippen LogP contribution in [0.3, 0.4) is 0 Å². The van der Waals surface area contributed by atoms with Crippen LogP contribution in [0.15, 0.2) is 35.0 Å². The second-order valence-corrected chi connectivity index (χ2v) is 5.99. The van der Waals surface area contributed by atoms with Crippen LogP contribution < -0.4 is 4.90 Å². The Morgan fingerprint density at radius 3 is 2.74 bits per heavy atom. The van der Waals surface area contributed by atoms with Gasteiger partial charge in [-0.25, -0.2) is 4.39 Å². The third-order valence-electron chi connectivity index (χ3n) is 3.35. The Kier molecular flexibility index (Phi) is 3.76. The average Bonchev–Trinajstić information content (AvgIpc) is 3.12. The van der Waals surface area contributed by atoms with E-state index < -0.39 is 0 Å². The zero-order valence-corrected chi connectivity index (χ0v) is 12.1. The first-order valence-corrected chi connectivity index (χ1v) is 7.87. The van der Waals surface area contributed by atoms with Gasteiger partial charge in [-0.15, -0.1) is 11.6 Å². The lowest BCUT2D eigenvalue weighted by molar-refractivity contribution is 0.624. The van der Waals surface area contributed by atoms with Gasteiger partial charge in [0.1, 0.15) is 5.82 Å². The van der Waals surface area contributed by atoms with Gasteiger partial charge >= 0.3 is 0 Å². The number of thiophene rings is 1. The van der Waals surface area contributed by atoms with E-state index in [-0.39, 0.29) is 5.82 Å². The van der Waals surface area contributed by atoms with E-state index in [2.05, 4.69) is 21.7 Å². The Morgan fingerprint density at radius 1 is 1.26 bits per heavy atom. The standard InChI is InChI=1S/C15H15ClFNS/c16-8-12-5-13(17)7-15(6-12)18(14-1-2-14)9-11-3-4-19-10-11/h3-7,10,14H,1-2,8-9H2. The first-order chi connectivity index (χ1) is 9.26. The summed E-state index contributed by atoms with van der Waals surface area (Å²) in [6, 6.07) is 7.79. The molecule has 100 valence electrons. The van der Waals surface area contributed by atoms with E-state index >= 15 is 0 Å². The van der Waals surface area contributed by atoms with Gasteiger partial charge in [0.15, 0.2) is 0 Å². The summed E-state index contributed by atoms with van der Waals surface area (Å²) in [4.78, 5) is 2.29. The Labute approximate surface area is 121 Å². The quantitative estimate of drug-likeness (QED) is 0.717. The molecule has 3 rings (SSSR count). The van der Waals surface area contributed by atoms with Gasteiger partial charge in [0.2, 0.25) is 0 Å². The van der Waals surface area contributed by atoms with Gasteiger partial charge in [-0.2, -0.15) is 11.3 Å². The molecule has 0 radical (unpaired) electrons. The molecular weight excluding hydrogens is 281 g/mol. The molecule has 1 aliphatic rings. The summed E-state index contributed by atoms with van der Waals surface area (Å²) in [6.07, 6.45) is 2.38. The zero-order valence-electron chi connectivity index (χ0n) is 10.5. The number of halogens is 2. The van der Waals surface area contributed by atoms with Crippen LogP contribution in [0.2, 0.25) is 0 Å². The van der Waals surface area contributed by atoms with Gasteiger partial charge in [0.25, 0.3) is 0 Å². The Morgan fingerprint density at radius 2 is 2.11 bits per heavy atom. The minimum Gasteiger partial charge on any atom is -0.364 e. The summed E-state index contributed by atoms with van der Waals surface area (Å²) in [5, 5.41) is 4.23. The van der Waals surface area contributed by atoms with E-state index in [4.69, 9.17) is 11.6 Å². The number of hydrogen-bond donors (Lipinski definition) is 0. The van der Waals surface area contributed by atoms with E-state index in [1.54, 1.807) is 17.4 Å². The highest BCUT2D eigenvalue weighted by atomic mass is 35.5. The van der Waals surface area contributed by atoms with Crippen LogP contribution in [-0.4, -0.2) is 6.04 Å². The molecule has 0 unspecified atom stereocenters. The number of rotatable bonds is 5. The minimum absolute atomic E-state index is 0.205. The molecule has 2 aromatic rings. The average molecular weight is 296 g/mol. The molecule has 19 heavy (non-hydrogen) atoms. The summed E-state index contributed by atoms with van der Waals surface area (Å²) >= 11 is 7.53. The van der Waals surface area contributed by atoms with Crippen molar-refractivity contribution in [2.75, 3.05) is 4.90 Å². The summed E-state index contributed by atoms with van der Waals surface area (Å²) in [7, 11) is 0. The highest BCUT2D eigenvalue weighted by molar-refractivity contribution is 7.07. The van der Waals surface area contributed by atoms with Crippen LogP contribution in [0.4, 0.5) is 10.1 Å². The van der Waals surface area contributed by atoms with Crippen LogP contribution >= 0.6 is 22.9 Å². The summed E-state index contributed by atoms with van der Waals surface area (Å²) in [5.41, 5.74) is 3.07. The lowest BCUT2D eigenvalue weighted by atomic mass is 10.2. The van der Waals surface area contributed by atoms with Crippen molar-refractivity contribution < 1.29 is 4.39 Å². The second-order valence-electron chi connectivity index (χ2n) is 4.94. The molecule has 1 aromatic heterocycles. The smallest absolute Gasteiger partial charge is 0.125 e. The van der Waals surface area contributed by atoms with Crippen LogP contribution in [0.25, 0.3) is 0 Å². The molecule has 0 atom stereocenters. The van der Waals surface area contributed by atoms with Gasteiger partial charge in [-0.1, -0.05) is 0 Å². The summed E-state index contributed by atoms with van der Waals surface area (Å²) < 4.78 is 13.7. The third-order valence-corrected chi connectivity index (χ3v) is 4.39. The lowest BCUT2D eigenvalue weighted by Gasteiger charge is -2.25. The molecule has 1 fully saturated rings. The topological polar surface area (TPSA) is 3.24 Å². The molecule has 0 amide bonds. The normalized spacial score (nSPS) is 14.6. The van der Waals surface area contributed by atoms with E-state index in [1.807, 2.05) is 6.07 Å². The second kappa shape index (κ2) is 5.51. The Balaban J connectivity index is 1.89. The van der Waals surface area contributed by atoms with Crippen LogP contribution in [0, 0.1) is 5.82 Å². The van der Waals surface area contributed by atoms with Gasteiger partial charge in [-0.05, 0) is 59.0 Å². The van der Waals surface area contributed by atoms with Gasteiger partial charge in [-0.3, -0.25) is 0 Å². The Bertz CT molecular complexity index is 551. The highest BCUT2D eigenvalue weighted by Gasteiger charge is 2.29. The number of anilines is 1. The third kappa shape index (κ3) is 3.10. The fourth-order valence-electron chi connectivity index (χ4n) is 2.27. The highest BCUT2D eigenvalue weighted by Crippen LogP contribution is 2.34. The van der Waals surface area contributed by atoms with E-state index in [1.165, 1.54) is 24.5 Å². The number of nitrogens with zero attached hydrogens (tertiary/aromatic N) is 1. The van der Waals surface area contributed by atoms with Gasteiger partial charge < -0.3 is 4.90 Å². The van der Waals surface area contributed by atoms with Crippen molar-refractivity contribution in [1.82, 2.24) is 0 Å². The molecule has 1 aromatic carbocycles. The SMILES string of the molecule is Fc1cc(CCl)cc(N(Cc2ccsc2)C2CC2)c1. The summed E-state index contributed by atoms with van der Waals surface area (Å²) in [5.74, 6) is 0.144.